The number of hydrogen-bond donors (Lipinski definition) is 2. The van der Waals surface area contributed by atoms with Crippen molar-refractivity contribution in [2.45, 2.75) is 38.5 Å². The quantitative estimate of drug-likeness (QED) is 0.602. The minimum atomic E-state index is -1.19. The lowest BCUT2D eigenvalue weighted by Gasteiger charge is -2.46. The molecule has 15 heavy (non-hydrogen) atoms. The van der Waals surface area contributed by atoms with Crippen molar-refractivity contribution in [2.24, 2.45) is 11.8 Å². The van der Waals surface area contributed by atoms with E-state index in [1.165, 1.54) is 0 Å². The Balaban J connectivity index is 2.33. The van der Waals surface area contributed by atoms with Gasteiger partial charge in [-0.2, -0.15) is 0 Å². The lowest BCUT2D eigenvalue weighted by Crippen LogP contribution is -2.73. The van der Waals surface area contributed by atoms with Crippen molar-refractivity contribution in [3.8, 4) is 0 Å². The molecule has 0 aromatic rings. The van der Waals surface area contributed by atoms with Crippen LogP contribution >= 0.6 is 0 Å². The van der Waals surface area contributed by atoms with Gasteiger partial charge in [0.2, 0.25) is 11.4 Å². The molecule has 2 heterocycles. The summed E-state index contributed by atoms with van der Waals surface area (Å²) in [6.07, 6.45) is -1.41. The molecule has 2 fully saturated rings. The van der Waals surface area contributed by atoms with Gasteiger partial charge in [0, 0.05) is 0 Å². The minimum absolute atomic E-state index is 0.106. The molecule has 0 aromatic carbocycles. The Morgan fingerprint density at radius 3 is 2.47 bits per heavy atom. The first-order valence-corrected chi connectivity index (χ1v) is 5.12. The number of carbonyl (C=O) groups is 2. The van der Waals surface area contributed by atoms with Crippen molar-refractivity contribution in [1.29, 1.82) is 0 Å². The Bertz CT molecular complexity index is 327. The molecule has 0 aliphatic carbocycles. The third kappa shape index (κ3) is 1.07. The van der Waals surface area contributed by atoms with E-state index in [4.69, 9.17) is 4.74 Å². The molecule has 0 spiro atoms. The van der Waals surface area contributed by atoms with E-state index in [1.807, 2.05) is 0 Å². The number of ether oxygens (including phenoxy) is 1. The molecule has 5 heteroatoms. The van der Waals surface area contributed by atoms with Crippen LogP contribution in [0, 0.1) is 11.8 Å². The molecule has 1 amide bonds. The van der Waals surface area contributed by atoms with E-state index in [2.05, 4.69) is 5.32 Å². The highest BCUT2D eigenvalue weighted by atomic mass is 16.6. The van der Waals surface area contributed by atoms with Gasteiger partial charge in [-0.1, -0.05) is 13.8 Å². The first-order chi connectivity index (χ1) is 6.91. The number of amides is 1. The monoisotopic (exact) mass is 213 g/mol. The van der Waals surface area contributed by atoms with Crippen LogP contribution in [-0.2, 0) is 14.3 Å². The van der Waals surface area contributed by atoms with Crippen molar-refractivity contribution >= 4 is 11.9 Å². The SMILES string of the molecule is CC(C)[C@@H](O)[C@@]12NC(=O)[C@H](C)[C@@H]1OC2=O. The Kier molecular flexibility index (Phi) is 2.05. The molecular formula is C10H15NO4. The number of carbonyl (C=O) groups excluding carboxylic acids is 2. The molecule has 0 saturated carbocycles. The van der Waals surface area contributed by atoms with Gasteiger partial charge in [0.1, 0.15) is 6.10 Å². The molecule has 2 saturated heterocycles. The fraction of sp³-hybridized carbons (Fsp3) is 0.800. The number of nitrogens with one attached hydrogen (secondary N) is 1. The van der Waals surface area contributed by atoms with Gasteiger partial charge in [0.05, 0.1) is 12.0 Å². The summed E-state index contributed by atoms with van der Waals surface area (Å²) >= 11 is 0. The van der Waals surface area contributed by atoms with E-state index in [9.17, 15) is 14.7 Å². The van der Waals surface area contributed by atoms with E-state index < -0.39 is 23.7 Å². The summed E-state index contributed by atoms with van der Waals surface area (Å²) in [5.74, 6) is -1.24. The maximum absolute atomic E-state index is 11.5. The molecule has 2 aliphatic heterocycles. The van der Waals surface area contributed by atoms with Crippen molar-refractivity contribution in [2.75, 3.05) is 0 Å². The van der Waals surface area contributed by atoms with Crippen LogP contribution < -0.4 is 5.32 Å². The molecule has 5 nitrogen and oxygen atoms in total. The fourth-order valence-corrected chi connectivity index (χ4v) is 2.33. The van der Waals surface area contributed by atoms with Crippen LogP contribution in [0.1, 0.15) is 20.8 Å². The van der Waals surface area contributed by atoms with E-state index >= 15 is 0 Å². The van der Waals surface area contributed by atoms with Gasteiger partial charge in [-0.3, -0.25) is 4.79 Å². The lowest BCUT2D eigenvalue weighted by molar-refractivity contribution is -0.206. The highest BCUT2D eigenvalue weighted by molar-refractivity contribution is 5.99. The predicted molar refractivity (Wildman–Crippen MR) is 50.8 cm³/mol. The zero-order valence-electron chi connectivity index (χ0n) is 8.98. The first kappa shape index (κ1) is 10.4. The van der Waals surface area contributed by atoms with E-state index in [0.717, 1.165) is 0 Å². The number of rotatable bonds is 2. The maximum Gasteiger partial charge on any atom is 0.338 e. The molecule has 2 aliphatic rings. The second kappa shape index (κ2) is 2.95. The molecular weight excluding hydrogens is 198 g/mol. The third-order valence-corrected chi connectivity index (χ3v) is 3.32. The number of esters is 1. The molecule has 84 valence electrons. The number of aliphatic hydroxyl groups excluding tert-OH is 1. The van der Waals surface area contributed by atoms with Crippen molar-refractivity contribution in [3.63, 3.8) is 0 Å². The summed E-state index contributed by atoms with van der Waals surface area (Å²) in [7, 11) is 0. The summed E-state index contributed by atoms with van der Waals surface area (Å²) in [5, 5.41) is 12.6. The Morgan fingerprint density at radius 1 is 1.47 bits per heavy atom. The van der Waals surface area contributed by atoms with Gasteiger partial charge >= 0.3 is 5.97 Å². The first-order valence-electron chi connectivity index (χ1n) is 5.12. The zero-order chi connectivity index (χ0) is 11.4. The van der Waals surface area contributed by atoms with Crippen molar-refractivity contribution in [1.82, 2.24) is 5.32 Å². The van der Waals surface area contributed by atoms with Crippen molar-refractivity contribution in [3.05, 3.63) is 0 Å². The number of hydrogen-bond acceptors (Lipinski definition) is 4. The molecule has 4 atom stereocenters. The van der Waals surface area contributed by atoms with Crippen LogP contribution in [0.3, 0.4) is 0 Å². The second-order valence-electron chi connectivity index (χ2n) is 4.66. The van der Waals surface area contributed by atoms with Crippen LogP contribution in [0.2, 0.25) is 0 Å². The maximum atomic E-state index is 11.5. The molecule has 0 radical (unpaired) electrons. The molecule has 0 bridgehead atoms. The Labute approximate surface area is 87.8 Å². The standard InChI is InChI=1S/C10H15NO4/c1-4(2)6(12)10-7(15-9(10)14)5(3)8(13)11-10/h4-7,12H,1-3H3,(H,11,13)/t5-,6-,7+,10-/m1/s1. The lowest BCUT2D eigenvalue weighted by atomic mass is 9.76. The van der Waals surface area contributed by atoms with Crippen LogP contribution in [0.15, 0.2) is 0 Å². The highest BCUT2D eigenvalue weighted by Gasteiger charge is 2.70. The largest absolute Gasteiger partial charge is 0.456 e. The second-order valence-corrected chi connectivity index (χ2v) is 4.66. The van der Waals surface area contributed by atoms with Crippen LogP contribution in [-0.4, -0.2) is 34.7 Å². The number of fused-ring (bicyclic) bond motifs is 1. The third-order valence-electron chi connectivity index (χ3n) is 3.32. The summed E-state index contributed by atoms with van der Waals surface area (Å²) in [6.45, 7) is 5.30. The summed E-state index contributed by atoms with van der Waals surface area (Å²) < 4.78 is 4.94. The van der Waals surface area contributed by atoms with Crippen LogP contribution in [0.4, 0.5) is 0 Å². The topological polar surface area (TPSA) is 75.6 Å². The summed E-state index contributed by atoms with van der Waals surface area (Å²) in [4.78, 5) is 22.9. The van der Waals surface area contributed by atoms with Crippen LogP contribution in [0.25, 0.3) is 0 Å². The van der Waals surface area contributed by atoms with Gasteiger partial charge in [0.25, 0.3) is 0 Å². The average molecular weight is 213 g/mol. The van der Waals surface area contributed by atoms with Crippen LogP contribution in [0.5, 0.6) is 0 Å². The predicted octanol–water partition coefficient (Wildman–Crippen LogP) is -0.567. The van der Waals surface area contributed by atoms with Gasteiger partial charge < -0.3 is 15.2 Å². The van der Waals surface area contributed by atoms with Gasteiger partial charge in [0.15, 0.2) is 0 Å². The molecule has 0 unspecified atom stereocenters. The Morgan fingerprint density at radius 2 is 2.07 bits per heavy atom. The smallest absolute Gasteiger partial charge is 0.338 e. The molecule has 0 aromatic heterocycles. The minimum Gasteiger partial charge on any atom is -0.456 e. The summed E-state index contributed by atoms with van der Waals surface area (Å²) in [6, 6.07) is 0. The van der Waals surface area contributed by atoms with Crippen molar-refractivity contribution < 1.29 is 19.4 Å². The number of aliphatic hydroxyl groups is 1. The van der Waals surface area contributed by atoms with E-state index in [1.54, 1.807) is 20.8 Å². The normalized spacial score (nSPS) is 40.6. The summed E-state index contributed by atoms with van der Waals surface area (Å²) in [5.41, 5.74) is -1.19. The zero-order valence-corrected chi connectivity index (χ0v) is 8.98. The van der Waals surface area contributed by atoms with Gasteiger partial charge in [-0.25, -0.2) is 4.79 Å². The Hall–Kier alpha value is -1.10. The van der Waals surface area contributed by atoms with Gasteiger partial charge in [-0.15, -0.1) is 0 Å². The molecule has 2 N–H and O–H groups in total. The van der Waals surface area contributed by atoms with E-state index in [-0.39, 0.29) is 17.7 Å². The van der Waals surface area contributed by atoms with Gasteiger partial charge in [-0.05, 0) is 12.8 Å². The average Bonchev–Trinajstić information content (AvgIpc) is 2.37. The highest BCUT2D eigenvalue weighted by Crippen LogP contribution is 2.42. The molecule has 2 rings (SSSR count). The van der Waals surface area contributed by atoms with E-state index in [0.29, 0.717) is 0 Å². The fourth-order valence-electron chi connectivity index (χ4n) is 2.33.